The normalized spacial score (nSPS) is 22.2. The highest BCUT2D eigenvalue weighted by atomic mass is 16.6. The summed E-state index contributed by atoms with van der Waals surface area (Å²) in [6.45, 7) is 14.0. The maximum absolute atomic E-state index is 14.5. The van der Waals surface area contributed by atoms with E-state index in [2.05, 4.69) is 21.3 Å². The first-order chi connectivity index (χ1) is 25.5. The highest BCUT2D eigenvalue weighted by Crippen LogP contribution is 2.41. The van der Waals surface area contributed by atoms with Crippen LogP contribution in [0.3, 0.4) is 0 Å². The predicted octanol–water partition coefficient (Wildman–Crippen LogP) is 2.63. The van der Waals surface area contributed by atoms with Crippen molar-refractivity contribution in [2.45, 2.75) is 129 Å². The second-order valence-electron chi connectivity index (χ2n) is 17.9. The van der Waals surface area contributed by atoms with Crippen molar-refractivity contribution >= 4 is 41.4 Å². The van der Waals surface area contributed by atoms with Gasteiger partial charge in [0.05, 0.1) is 24.3 Å². The zero-order chi connectivity index (χ0) is 41.0. The van der Waals surface area contributed by atoms with Gasteiger partial charge in [-0.3, -0.25) is 28.8 Å². The average molecular weight is 769 g/mol. The van der Waals surface area contributed by atoms with Gasteiger partial charge in [-0.25, -0.2) is 4.79 Å². The molecule has 1 aromatic carbocycles. The van der Waals surface area contributed by atoms with Crippen LogP contribution in [0.1, 0.15) is 99.1 Å². The molecule has 3 unspecified atom stereocenters. The third-order valence-electron chi connectivity index (χ3n) is 10.1. The largest absolute Gasteiger partial charge is 0.444 e. The molecule has 55 heavy (non-hydrogen) atoms. The van der Waals surface area contributed by atoms with E-state index in [9.17, 15) is 33.6 Å². The number of fused-ring (bicyclic) bond motifs is 1. The highest BCUT2D eigenvalue weighted by Gasteiger charge is 2.54. The minimum Gasteiger partial charge on any atom is -0.444 e. The Bertz CT molecular complexity index is 1610. The van der Waals surface area contributed by atoms with Gasteiger partial charge < -0.3 is 40.5 Å². The second-order valence-corrected chi connectivity index (χ2v) is 17.9. The number of carbonyl (C=O) groups excluding carboxylic acids is 7. The van der Waals surface area contributed by atoms with Crippen LogP contribution in [0.2, 0.25) is 0 Å². The molecule has 3 fully saturated rings. The maximum atomic E-state index is 14.5. The standard InChI is InChI=1S/C40H60N6O9/c1-38(2,3)32(44-37(53)55-39(4,5)6)36(52)46-22-27-25(18-19-40(7,8)54-27)30(46)33(49)42-26(20-23-16-17-23)31(48)34(50)41-21-28(47)43-29(35(51)45(9)10)24-14-12-11-13-15-24/h11-15,23,25-27,29-30,32H,16-22H2,1-10H3,(H,41,50)(H,42,49)(H,43,47)(H,44,53)/t25?,26?,27?,29-,30-,32+/m0/s1. The van der Waals surface area contributed by atoms with E-state index in [1.165, 1.54) is 9.80 Å². The number of carbonyl (C=O) groups is 7. The van der Waals surface area contributed by atoms with Crippen LogP contribution >= 0.6 is 0 Å². The number of Topliss-reactive ketones (excluding diaryl/α,β-unsaturated/α-hetero) is 1. The smallest absolute Gasteiger partial charge is 0.408 e. The van der Waals surface area contributed by atoms with Gasteiger partial charge in [0.2, 0.25) is 29.4 Å². The number of rotatable bonds is 13. The lowest BCUT2D eigenvalue weighted by Crippen LogP contribution is -2.60. The SMILES string of the molecule is CN(C)C(=O)[C@@H](NC(=O)CNC(=O)C(=O)C(CC1CC1)NC(=O)[C@@H]1C2CCC(C)(C)OC2CN1C(=O)[C@@H](NC(=O)OC(C)(C)C)C(C)(C)C)c1ccccc1. The molecule has 0 aromatic heterocycles. The van der Waals surface area contributed by atoms with E-state index in [1.807, 2.05) is 13.8 Å². The van der Waals surface area contributed by atoms with Crippen molar-refractivity contribution in [3.05, 3.63) is 35.9 Å². The Labute approximate surface area is 324 Å². The minimum atomic E-state index is -1.22. The number of nitrogens with zero attached hydrogens (tertiary/aromatic N) is 2. The molecule has 0 radical (unpaired) electrons. The van der Waals surface area contributed by atoms with Gasteiger partial charge in [0, 0.05) is 26.6 Å². The summed E-state index contributed by atoms with van der Waals surface area (Å²) >= 11 is 0. The number of likely N-dealkylation sites (N-methyl/N-ethyl adjacent to an activating group) is 1. The lowest BCUT2D eigenvalue weighted by molar-refractivity contribution is -0.145. The van der Waals surface area contributed by atoms with Crippen LogP contribution in [-0.2, 0) is 38.2 Å². The highest BCUT2D eigenvalue weighted by molar-refractivity contribution is 6.38. The van der Waals surface area contributed by atoms with Gasteiger partial charge in [0.15, 0.2) is 0 Å². The van der Waals surface area contributed by atoms with Crippen molar-refractivity contribution in [1.29, 1.82) is 0 Å². The molecule has 1 aliphatic carbocycles. The molecule has 1 aromatic rings. The Kier molecular flexibility index (Phi) is 13.4. The Morgan fingerprint density at radius 1 is 0.927 bits per heavy atom. The predicted molar refractivity (Wildman–Crippen MR) is 203 cm³/mol. The van der Waals surface area contributed by atoms with Crippen LogP contribution in [0, 0.1) is 17.3 Å². The number of benzene rings is 1. The van der Waals surface area contributed by atoms with Crippen molar-refractivity contribution in [2.75, 3.05) is 27.2 Å². The molecule has 0 bridgehead atoms. The second kappa shape index (κ2) is 17.1. The summed E-state index contributed by atoms with van der Waals surface area (Å²) in [6.07, 6.45) is 1.80. The van der Waals surface area contributed by atoms with E-state index in [1.54, 1.807) is 86.0 Å². The van der Waals surface area contributed by atoms with Crippen molar-refractivity contribution in [3.63, 3.8) is 0 Å². The Morgan fingerprint density at radius 2 is 1.56 bits per heavy atom. The molecule has 6 atom stereocenters. The molecule has 2 saturated heterocycles. The number of ether oxygens (including phenoxy) is 2. The van der Waals surface area contributed by atoms with Gasteiger partial charge in [-0.15, -0.1) is 0 Å². The number of alkyl carbamates (subject to hydrolysis) is 1. The molecule has 6 amide bonds. The monoisotopic (exact) mass is 768 g/mol. The third-order valence-corrected chi connectivity index (χ3v) is 10.1. The average Bonchev–Trinajstić information content (AvgIpc) is 3.83. The number of likely N-dealkylation sites (tertiary alicyclic amines) is 1. The molecule has 0 spiro atoms. The zero-order valence-corrected chi connectivity index (χ0v) is 33.9. The minimum absolute atomic E-state index is 0.0880. The van der Waals surface area contributed by atoms with Crippen LogP contribution in [0.15, 0.2) is 30.3 Å². The molecule has 304 valence electrons. The summed E-state index contributed by atoms with van der Waals surface area (Å²) in [5, 5.41) is 10.5. The molecule has 3 aliphatic rings. The van der Waals surface area contributed by atoms with E-state index in [0.717, 1.165) is 12.8 Å². The Morgan fingerprint density at radius 3 is 2.13 bits per heavy atom. The summed E-state index contributed by atoms with van der Waals surface area (Å²) < 4.78 is 11.9. The fourth-order valence-corrected chi connectivity index (χ4v) is 7.12. The van der Waals surface area contributed by atoms with Crippen LogP contribution in [0.4, 0.5) is 4.79 Å². The third kappa shape index (κ3) is 11.7. The first kappa shape index (κ1) is 43.2. The molecule has 2 aliphatic heterocycles. The van der Waals surface area contributed by atoms with E-state index < -0.39 is 94.9 Å². The summed E-state index contributed by atoms with van der Waals surface area (Å²) in [4.78, 5) is 97.3. The van der Waals surface area contributed by atoms with Gasteiger partial charge in [-0.2, -0.15) is 0 Å². The molecule has 2 heterocycles. The summed E-state index contributed by atoms with van der Waals surface area (Å²) in [5.41, 5.74) is -1.53. The fourth-order valence-electron chi connectivity index (χ4n) is 7.12. The first-order valence-electron chi connectivity index (χ1n) is 19.1. The van der Waals surface area contributed by atoms with Gasteiger partial charge in [-0.1, -0.05) is 63.9 Å². The Hall–Kier alpha value is -4.53. The van der Waals surface area contributed by atoms with Crippen LogP contribution in [-0.4, -0.2) is 114 Å². The molecule has 15 nitrogen and oxygen atoms in total. The quantitative estimate of drug-likeness (QED) is 0.219. The van der Waals surface area contributed by atoms with E-state index in [4.69, 9.17) is 9.47 Å². The lowest BCUT2D eigenvalue weighted by atomic mass is 9.83. The first-order valence-corrected chi connectivity index (χ1v) is 19.1. The molecular weight excluding hydrogens is 708 g/mol. The van der Waals surface area contributed by atoms with Crippen LogP contribution in [0.5, 0.6) is 0 Å². The van der Waals surface area contributed by atoms with Crippen molar-refractivity contribution < 1.29 is 43.0 Å². The number of hydrogen-bond donors (Lipinski definition) is 4. The topological polar surface area (TPSA) is 193 Å². The number of hydrogen-bond acceptors (Lipinski definition) is 9. The van der Waals surface area contributed by atoms with E-state index in [0.29, 0.717) is 18.4 Å². The van der Waals surface area contributed by atoms with Gasteiger partial charge >= 0.3 is 6.09 Å². The van der Waals surface area contributed by atoms with Gasteiger partial charge in [-0.05, 0) is 70.8 Å². The molecule has 1 saturated carbocycles. The van der Waals surface area contributed by atoms with Crippen LogP contribution < -0.4 is 21.3 Å². The Balaban J connectivity index is 1.51. The van der Waals surface area contributed by atoms with Gasteiger partial charge in [0.1, 0.15) is 23.7 Å². The van der Waals surface area contributed by atoms with E-state index in [-0.39, 0.29) is 24.8 Å². The summed E-state index contributed by atoms with van der Waals surface area (Å²) in [6, 6.07) is 4.30. The maximum Gasteiger partial charge on any atom is 0.408 e. The molecule has 4 N–H and O–H groups in total. The van der Waals surface area contributed by atoms with Crippen molar-refractivity contribution in [1.82, 2.24) is 31.1 Å². The van der Waals surface area contributed by atoms with E-state index >= 15 is 0 Å². The van der Waals surface area contributed by atoms with Crippen LogP contribution in [0.25, 0.3) is 0 Å². The number of nitrogens with one attached hydrogen (secondary N) is 4. The number of amides is 6. The molecular formula is C40H60N6O9. The summed E-state index contributed by atoms with van der Waals surface area (Å²) in [5.74, 6) is -4.45. The van der Waals surface area contributed by atoms with Crippen molar-refractivity contribution in [3.8, 4) is 0 Å². The fraction of sp³-hybridized carbons (Fsp3) is 0.675. The van der Waals surface area contributed by atoms with Gasteiger partial charge in [0.25, 0.3) is 5.91 Å². The number of ketones is 1. The molecule has 15 heteroatoms. The summed E-state index contributed by atoms with van der Waals surface area (Å²) in [7, 11) is 3.12. The lowest BCUT2D eigenvalue weighted by Gasteiger charge is -2.39. The zero-order valence-electron chi connectivity index (χ0n) is 33.9. The van der Waals surface area contributed by atoms with Crippen molar-refractivity contribution in [2.24, 2.45) is 17.3 Å². The molecule has 4 rings (SSSR count).